The summed E-state index contributed by atoms with van der Waals surface area (Å²) in [7, 11) is -4.66. The maximum atomic E-state index is 11.3. The van der Waals surface area contributed by atoms with E-state index in [1.54, 1.807) is 0 Å². The molecule has 0 aliphatic carbocycles. The summed E-state index contributed by atoms with van der Waals surface area (Å²) in [6, 6.07) is -0.380. The number of halogens is 3. The van der Waals surface area contributed by atoms with Crippen molar-refractivity contribution >= 4 is 7.11 Å². The first-order valence-corrected chi connectivity index (χ1v) is 2.48. The maximum Gasteiger partial charge on any atom is 0.730 e. The fourth-order valence-electron chi connectivity index (χ4n) is 0.436. The van der Waals surface area contributed by atoms with Crippen LogP contribution in [0, 0.1) is 0 Å². The first-order chi connectivity index (χ1) is 3.42. The fraction of sp³-hybridized carbons (Fsp3) is 1.00. The summed E-state index contributed by atoms with van der Waals surface area (Å²) >= 11 is 0. The molecule has 0 aromatic heterocycles. The van der Waals surface area contributed by atoms with Crippen molar-refractivity contribution in [3.05, 3.63) is 0 Å². The Morgan fingerprint density at radius 1 is 1.25 bits per heavy atom. The van der Waals surface area contributed by atoms with Gasteiger partial charge in [-0.25, -0.2) is 0 Å². The van der Waals surface area contributed by atoms with Crippen molar-refractivity contribution in [1.82, 2.24) is 0 Å². The Morgan fingerprint density at radius 2 is 1.62 bits per heavy atom. The zero-order valence-corrected chi connectivity index (χ0v) is 4.87. The highest BCUT2D eigenvalue weighted by Gasteiger charge is 2.32. The summed E-state index contributed by atoms with van der Waals surface area (Å²) in [5.74, 6) is 0. The molecule has 0 unspecified atom stereocenters. The van der Waals surface area contributed by atoms with Gasteiger partial charge in [0, 0.05) is 6.04 Å². The van der Waals surface area contributed by atoms with Gasteiger partial charge in [-0.05, 0) is 13.8 Å². The number of rotatable bonds is 2. The van der Waals surface area contributed by atoms with E-state index in [1.165, 1.54) is 13.8 Å². The van der Waals surface area contributed by atoms with Gasteiger partial charge in [-0.2, -0.15) is 0 Å². The lowest BCUT2D eigenvalue weighted by Gasteiger charge is -2.13. The summed E-state index contributed by atoms with van der Waals surface area (Å²) in [6.45, 7) is 3.02. The van der Waals surface area contributed by atoms with E-state index >= 15 is 0 Å². The van der Waals surface area contributed by atoms with Crippen LogP contribution in [0.25, 0.3) is 0 Å². The normalized spacial score (nSPS) is 12.8. The summed E-state index contributed by atoms with van der Waals surface area (Å²) in [5.41, 5.74) is 0. The third-order valence-electron chi connectivity index (χ3n) is 0.603. The van der Waals surface area contributed by atoms with E-state index in [9.17, 15) is 12.9 Å². The second-order valence-electron chi connectivity index (χ2n) is 2.06. The lowest BCUT2D eigenvalue weighted by Crippen LogP contribution is -2.99. The van der Waals surface area contributed by atoms with Crippen molar-refractivity contribution in [3.8, 4) is 0 Å². The molecule has 0 aliphatic heterocycles. The van der Waals surface area contributed by atoms with Crippen LogP contribution in [0.2, 0.25) is 0 Å². The van der Waals surface area contributed by atoms with Crippen LogP contribution in [0.4, 0.5) is 12.9 Å². The summed E-state index contributed by atoms with van der Waals surface area (Å²) < 4.78 is 33.9. The average Bonchev–Trinajstić information content (AvgIpc) is 1.21. The molecule has 0 aromatic rings. The summed E-state index contributed by atoms with van der Waals surface area (Å²) in [4.78, 5) is 0. The number of hydrogen-bond donors (Lipinski definition) is 1. The highest BCUT2D eigenvalue weighted by atomic mass is 19.4. The predicted octanol–water partition coefficient (Wildman–Crippen LogP) is 0.302. The fourth-order valence-corrected chi connectivity index (χ4v) is 0.436. The van der Waals surface area contributed by atoms with Crippen molar-refractivity contribution in [1.29, 1.82) is 0 Å². The van der Waals surface area contributed by atoms with E-state index in [-0.39, 0.29) is 6.04 Å². The van der Waals surface area contributed by atoms with Crippen LogP contribution in [0.15, 0.2) is 0 Å². The Bertz CT molecular complexity index is 69.4. The van der Waals surface area contributed by atoms with E-state index in [4.69, 9.17) is 0 Å². The van der Waals surface area contributed by atoms with E-state index < -0.39 is 7.11 Å². The minimum atomic E-state index is -4.66. The van der Waals surface area contributed by atoms with Gasteiger partial charge >= 0.3 is 7.11 Å². The number of hydrogen-bond acceptors (Lipinski definition) is 0. The van der Waals surface area contributed by atoms with Crippen LogP contribution < -0.4 is 5.23 Å². The lowest BCUT2D eigenvalue weighted by atomic mass is 10.1. The van der Waals surface area contributed by atoms with Gasteiger partial charge in [-0.15, -0.1) is 0 Å². The molecule has 0 aliphatic rings. The summed E-state index contributed by atoms with van der Waals surface area (Å²) in [6.07, 6.45) is 0. The van der Waals surface area contributed by atoms with E-state index in [0.717, 1.165) is 0 Å². The highest BCUT2D eigenvalue weighted by molar-refractivity contribution is 6.48. The van der Waals surface area contributed by atoms with Gasteiger partial charge in [0.15, 0.2) is 0 Å². The van der Waals surface area contributed by atoms with Gasteiger partial charge < -0.3 is 18.2 Å². The van der Waals surface area contributed by atoms with Crippen LogP contribution in [0.5, 0.6) is 0 Å². The van der Waals surface area contributed by atoms with Crippen molar-refractivity contribution in [3.63, 3.8) is 0 Å². The molecule has 5 heteroatoms. The third kappa shape index (κ3) is 5.81. The molecule has 0 aromatic carbocycles. The monoisotopic (exact) mass is 127 g/mol. The van der Waals surface area contributed by atoms with E-state index in [2.05, 4.69) is 0 Å². The van der Waals surface area contributed by atoms with E-state index in [1.807, 2.05) is 0 Å². The third-order valence-corrected chi connectivity index (χ3v) is 0.603. The second-order valence-corrected chi connectivity index (χ2v) is 2.06. The standard InChI is InChI=1S/C3H9BF3N/c1-3(2)8-4(5,6)7/h3H,8H2,1-2H3. The second kappa shape index (κ2) is 2.39. The molecule has 0 radical (unpaired) electrons. The Labute approximate surface area is 46.3 Å². The van der Waals surface area contributed by atoms with Gasteiger partial charge in [-0.1, -0.05) is 0 Å². The van der Waals surface area contributed by atoms with Gasteiger partial charge in [-0.3, -0.25) is 0 Å². The predicted molar refractivity (Wildman–Crippen MR) is 26.1 cm³/mol. The van der Waals surface area contributed by atoms with E-state index in [0.29, 0.717) is 5.23 Å². The molecule has 0 heterocycles. The van der Waals surface area contributed by atoms with Gasteiger partial charge in [0.2, 0.25) is 0 Å². The zero-order chi connectivity index (χ0) is 6.78. The number of quaternary nitrogens is 1. The highest BCUT2D eigenvalue weighted by Crippen LogP contribution is 1.94. The Morgan fingerprint density at radius 3 is 1.62 bits per heavy atom. The molecular weight excluding hydrogens is 118 g/mol. The van der Waals surface area contributed by atoms with Gasteiger partial charge in [0.1, 0.15) is 0 Å². The van der Waals surface area contributed by atoms with Crippen LogP contribution in [-0.2, 0) is 0 Å². The molecule has 2 N–H and O–H groups in total. The smallest absolute Gasteiger partial charge is 0.442 e. The molecular formula is C3H9BF3N. The minimum Gasteiger partial charge on any atom is -0.442 e. The van der Waals surface area contributed by atoms with Crippen LogP contribution >= 0.6 is 0 Å². The zero-order valence-electron chi connectivity index (χ0n) is 4.87. The molecule has 0 amide bonds. The van der Waals surface area contributed by atoms with Crippen molar-refractivity contribution in [2.45, 2.75) is 19.9 Å². The lowest BCUT2D eigenvalue weighted by molar-refractivity contribution is -0.591. The minimum absolute atomic E-state index is 0.380. The quantitative estimate of drug-likeness (QED) is 0.513. The molecule has 0 rings (SSSR count). The molecule has 1 nitrogen and oxygen atoms in total. The average molecular weight is 127 g/mol. The molecule has 0 saturated carbocycles. The van der Waals surface area contributed by atoms with Crippen LogP contribution in [0.1, 0.15) is 13.8 Å². The number of nitrogens with two attached hydrogens (primary N) is 1. The first kappa shape index (κ1) is 7.81. The first-order valence-electron chi connectivity index (χ1n) is 2.48. The topological polar surface area (TPSA) is 16.6 Å². The van der Waals surface area contributed by atoms with Crippen LogP contribution in [0.3, 0.4) is 0 Å². The Balaban J connectivity index is 3.39. The van der Waals surface area contributed by atoms with Gasteiger partial charge in [0.25, 0.3) is 0 Å². The van der Waals surface area contributed by atoms with Crippen molar-refractivity contribution < 1.29 is 18.2 Å². The molecule has 0 bridgehead atoms. The molecule has 8 heavy (non-hydrogen) atoms. The molecule has 50 valence electrons. The summed E-state index contributed by atoms with van der Waals surface area (Å²) in [5, 5.41) is 0.417. The van der Waals surface area contributed by atoms with Crippen molar-refractivity contribution in [2.24, 2.45) is 0 Å². The molecule has 0 spiro atoms. The Hall–Kier alpha value is -0.185. The Kier molecular flexibility index (Phi) is 2.34. The van der Waals surface area contributed by atoms with Crippen LogP contribution in [-0.4, -0.2) is 13.2 Å². The molecule has 0 fully saturated rings. The molecule has 0 saturated heterocycles. The van der Waals surface area contributed by atoms with Gasteiger partial charge in [0.05, 0.1) is 0 Å². The maximum absolute atomic E-state index is 11.3. The largest absolute Gasteiger partial charge is 0.730 e. The SMILES string of the molecule is CC(C)[NH2+][B-](F)(F)F. The van der Waals surface area contributed by atoms with Crippen molar-refractivity contribution in [2.75, 3.05) is 0 Å². The molecule has 0 atom stereocenters.